The van der Waals surface area contributed by atoms with Crippen LogP contribution in [0.25, 0.3) is 11.3 Å². The number of aromatic nitrogens is 3. The van der Waals surface area contributed by atoms with Crippen LogP contribution in [0.4, 0.5) is 5.13 Å². The number of rotatable bonds is 5. The van der Waals surface area contributed by atoms with Crippen molar-refractivity contribution in [2.45, 2.75) is 19.0 Å². The number of carbonyl (C=O) groups excluding carboxylic acids is 1. The van der Waals surface area contributed by atoms with Crippen LogP contribution in [0.5, 0.6) is 0 Å². The summed E-state index contributed by atoms with van der Waals surface area (Å²) in [7, 11) is 1.96. The van der Waals surface area contributed by atoms with Gasteiger partial charge in [0.2, 0.25) is 5.91 Å². The van der Waals surface area contributed by atoms with Crippen molar-refractivity contribution in [3.8, 4) is 11.3 Å². The van der Waals surface area contributed by atoms with E-state index in [0.717, 1.165) is 22.1 Å². The number of carbonyl (C=O) groups is 1. The fourth-order valence-corrected chi connectivity index (χ4v) is 3.67. The maximum Gasteiger partial charge on any atom is 0.236 e. The lowest BCUT2D eigenvalue weighted by atomic mass is 10.1. The van der Waals surface area contributed by atoms with Gasteiger partial charge in [-0.2, -0.15) is 0 Å². The molecule has 0 saturated heterocycles. The molecular weight excluding hydrogens is 340 g/mol. The molecule has 0 unspecified atom stereocenters. The van der Waals surface area contributed by atoms with Gasteiger partial charge in [0, 0.05) is 12.4 Å². The number of thiazole rings is 1. The maximum absolute atomic E-state index is 12.0. The van der Waals surface area contributed by atoms with Crippen LogP contribution >= 0.6 is 23.1 Å². The Labute approximate surface area is 149 Å². The number of anilines is 1. The zero-order valence-electron chi connectivity index (χ0n) is 13.7. The zero-order chi connectivity index (χ0) is 17.1. The monoisotopic (exact) mass is 358 g/mol. The summed E-state index contributed by atoms with van der Waals surface area (Å²) in [5, 5.41) is 6.17. The number of aryl methyl sites for hydroxylation is 2. The van der Waals surface area contributed by atoms with Crippen LogP contribution in [0.2, 0.25) is 0 Å². The van der Waals surface area contributed by atoms with E-state index in [2.05, 4.69) is 46.5 Å². The first-order valence-corrected chi connectivity index (χ1v) is 9.33. The van der Waals surface area contributed by atoms with E-state index >= 15 is 0 Å². The molecule has 0 radical (unpaired) electrons. The molecular formula is C17H18N4OS2. The van der Waals surface area contributed by atoms with Crippen molar-refractivity contribution >= 4 is 34.1 Å². The standard InChI is InChI=1S/C17H18N4OS2/c1-11-4-6-13(7-5-11)14-8-18-17(21(14)3)24-10-15(22)20-16-19-12(2)9-23-16/h4-9H,10H2,1-3H3,(H,19,20,22). The summed E-state index contributed by atoms with van der Waals surface area (Å²) in [4.78, 5) is 20.7. The van der Waals surface area contributed by atoms with Crippen LogP contribution in [0, 0.1) is 13.8 Å². The van der Waals surface area contributed by atoms with Gasteiger partial charge in [-0.05, 0) is 19.4 Å². The van der Waals surface area contributed by atoms with E-state index in [1.807, 2.05) is 30.1 Å². The third-order valence-corrected chi connectivity index (χ3v) is 5.41. The molecule has 1 amide bonds. The number of amides is 1. The van der Waals surface area contributed by atoms with E-state index < -0.39 is 0 Å². The minimum absolute atomic E-state index is 0.0748. The molecule has 5 nitrogen and oxygen atoms in total. The van der Waals surface area contributed by atoms with E-state index in [-0.39, 0.29) is 5.91 Å². The Morgan fingerprint density at radius 1 is 1.29 bits per heavy atom. The van der Waals surface area contributed by atoms with Gasteiger partial charge in [-0.3, -0.25) is 4.79 Å². The SMILES string of the molecule is Cc1ccc(-c2cnc(SCC(=O)Nc3nc(C)cs3)n2C)cc1. The molecule has 0 aliphatic heterocycles. The third-order valence-electron chi connectivity index (χ3n) is 3.49. The van der Waals surface area contributed by atoms with Crippen LogP contribution in [0.1, 0.15) is 11.3 Å². The van der Waals surface area contributed by atoms with Crippen molar-refractivity contribution in [2.24, 2.45) is 7.05 Å². The van der Waals surface area contributed by atoms with Gasteiger partial charge in [0.1, 0.15) is 0 Å². The van der Waals surface area contributed by atoms with Gasteiger partial charge >= 0.3 is 0 Å². The molecule has 3 rings (SSSR count). The number of benzene rings is 1. The normalized spacial score (nSPS) is 10.8. The molecule has 0 atom stereocenters. The molecule has 124 valence electrons. The third kappa shape index (κ3) is 3.85. The van der Waals surface area contributed by atoms with Gasteiger partial charge in [0.25, 0.3) is 0 Å². The number of thioether (sulfide) groups is 1. The average molecular weight is 358 g/mol. The predicted molar refractivity (Wildman–Crippen MR) is 99.6 cm³/mol. The summed E-state index contributed by atoms with van der Waals surface area (Å²) in [6.45, 7) is 3.97. The first-order chi connectivity index (χ1) is 11.5. The molecule has 0 saturated carbocycles. The fraction of sp³-hybridized carbons (Fsp3) is 0.235. The zero-order valence-corrected chi connectivity index (χ0v) is 15.4. The molecule has 0 spiro atoms. The maximum atomic E-state index is 12.0. The smallest absolute Gasteiger partial charge is 0.236 e. The number of hydrogen-bond donors (Lipinski definition) is 1. The van der Waals surface area contributed by atoms with E-state index in [0.29, 0.717) is 10.9 Å². The van der Waals surface area contributed by atoms with Crippen molar-refractivity contribution in [3.05, 3.63) is 47.1 Å². The Kier molecular flexibility index (Phi) is 5.01. The van der Waals surface area contributed by atoms with Crippen LogP contribution in [-0.2, 0) is 11.8 Å². The Bertz CT molecular complexity index is 852. The summed E-state index contributed by atoms with van der Waals surface area (Å²) in [5.41, 5.74) is 4.29. The van der Waals surface area contributed by atoms with Gasteiger partial charge in [0.05, 0.1) is 23.3 Å². The molecule has 2 heterocycles. The predicted octanol–water partition coefficient (Wildman–Crippen LogP) is 3.89. The molecule has 1 N–H and O–H groups in total. The van der Waals surface area contributed by atoms with E-state index in [4.69, 9.17) is 0 Å². The molecule has 0 aliphatic carbocycles. The second-order valence-electron chi connectivity index (χ2n) is 5.48. The van der Waals surface area contributed by atoms with E-state index in [9.17, 15) is 4.79 Å². The van der Waals surface area contributed by atoms with Crippen molar-refractivity contribution in [1.29, 1.82) is 0 Å². The van der Waals surface area contributed by atoms with Crippen molar-refractivity contribution in [1.82, 2.24) is 14.5 Å². The fourth-order valence-electron chi connectivity index (χ4n) is 2.22. The Hall–Kier alpha value is -2.12. The highest BCUT2D eigenvalue weighted by Crippen LogP contribution is 2.25. The second-order valence-corrected chi connectivity index (χ2v) is 7.28. The topological polar surface area (TPSA) is 59.8 Å². The minimum Gasteiger partial charge on any atom is -0.322 e. The Balaban J connectivity index is 1.63. The lowest BCUT2D eigenvalue weighted by Gasteiger charge is -2.06. The van der Waals surface area contributed by atoms with Crippen molar-refractivity contribution < 1.29 is 4.79 Å². The van der Waals surface area contributed by atoms with Gasteiger partial charge in [-0.25, -0.2) is 9.97 Å². The molecule has 0 fully saturated rings. The quantitative estimate of drug-likeness (QED) is 0.703. The molecule has 3 aromatic rings. The van der Waals surface area contributed by atoms with Gasteiger partial charge in [0.15, 0.2) is 10.3 Å². The minimum atomic E-state index is -0.0748. The lowest BCUT2D eigenvalue weighted by Crippen LogP contribution is -2.14. The van der Waals surface area contributed by atoms with Crippen molar-refractivity contribution in [3.63, 3.8) is 0 Å². The van der Waals surface area contributed by atoms with Crippen molar-refractivity contribution in [2.75, 3.05) is 11.1 Å². The first kappa shape index (κ1) is 16.7. The highest BCUT2D eigenvalue weighted by molar-refractivity contribution is 7.99. The molecule has 0 aliphatic rings. The molecule has 2 aromatic heterocycles. The number of imidazole rings is 1. The Morgan fingerprint density at radius 3 is 2.71 bits per heavy atom. The van der Waals surface area contributed by atoms with Crippen LogP contribution in [0.3, 0.4) is 0 Å². The van der Waals surface area contributed by atoms with Gasteiger partial charge < -0.3 is 9.88 Å². The summed E-state index contributed by atoms with van der Waals surface area (Å²) >= 11 is 2.85. The van der Waals surface area contributed by atoms with Crippen LogP contribution in [0.15, 0.2) is 41.0 Å². The number of nitrogens with zero attached hydrogens (tertiary/aromatic N) is 3. The summed E-state index contributed by atoms with van der Waals surface area (Å²) in [6, 6.07) is 8.33. The van der Waals surface area contributed by atoms with Crippen LogP contribution < -0.4 is 5.32 Å². The van der Waals surface area contributed by atoms with Crippen LogP contribution in [-0.4, -0.2) is 26.2 Å². The van der Waals surface area contributed by atoms with Gasteiger partial charge in [-0.1, -0.05) is 41.6 Å². The first-order valence-electron chi connectivity index (χ1n) is 7.46. The van der Waals surface area contributed by atoms with E-state index in [1.54, 1.807) is 0 Å². The molecule has 24 heavy (non-hydrogen) atoms. The summed E-state index contributed by atoms with van der Waals surface area (Å²) in [6.07, 6.45) is 1.84. The molecule has 1 aromatic carbocycles. The molecule has 7 heteroatoms. The average Bonchev–Trinajstić information content (AvgIpc) is 3.12. The van der Waals surface area contributed by atoms with E-state index in [1.165, 1.54) is 28.7 Å². The molecule has 0 bridgehead atoms. The highest BCUT2D eigenvalue weighted by Gasteiger charge is 2.12. The lowest BCUT2D eigenvalue weighted by molar-refractivity contribution is -0.113. The summed E-state index contributed by atoms with van der Waals surface area (Å²) in [5.74, 6) is 0.228. The second kappa shape index (κ2) is 7.19. The number of hydrogen-bond acceptors (Lipinski definition) is 5. The van der Waals surface area contributed by atoms with Gasteiger partial charge in [-0.15, -0.1) is 11.3 Å². The highest BCUT2D eigenvalue weighted by atomic mass is 32.2. The Morgan fingerprint density at radius 2 is 2.04 bits per heavy atom. The summed E-state index contributed by atoms with van der Waals surface area (Å²) < 4.78 is 2.01. The number of nitrogens with one attached hydrogen (secondary N) is 1. The largest absolute Gasteiger partial charge is 0.322 e.